The third-order valence-electron chi connectivity index (χ3n) is 0. The van der Waals surface area contributed by atoms with Gasteiger partial charge in [0.2, 0.25) is 0 Å². The van der Waals surface area contributed by atoms with E-state index < -0.39 is 10.1 Å². The summed E-state index contributed by atoms with van der Waals surface area (Å²) in [6, 6.07) is 0. The van der Waals surface area contributed by atoms with E-state index in [1.807, 2.05) is 0 Å². The highest BCUT2D eigenvalue weighted by atomic mass is 32.2. The van der Waals surface area contributed by atoms with Crippen molar-refractivity contribution in [1.29, 1.82) is 0 Å². The summed E-state index contributed by atoms with van der Waals surface area (Å²) in [5, 5.41) is 0. The zero-order chi connectivity index (χ0) is 4.50. The first-order chi connectivity index (χ1) is 2.00. The van der Waals surface area contributed by atoms with Crippen LogP contribution >= 0.6 is 0 Å². The molecule has 0 heterocycles. The van der Waals surface area contributed by atoms with Crippen molar-refractivity contribution in [2.24, 2.45) is 0 Å². The van der Waals surface area contributed by atoms with Crippen LogP contribution in [0.1, 0.15) is 0 Å². The van der Waals surface area contributed by atoms with E-state index in [1.165, 1.54) is 0 Å². The molecule has 0 radical (unpaired) electrons. The van der Waals surface area contributed by atoms with Gasteiger partial charge in [-0.2, -0.15) is 8.42 Å². The summed E-state index contributed by atoms with van der Waals surface area (Å²) in [4.78, 5) is 0. The Labute approximate surface area is 85.5 Å². The van der Waals surface area contributed by atoms with E-state index >= 15 is 0 Å². The highest BCUT2D eigenvalue weighted by molar-refractivity contribution is 7.85. The van der Waals surface area contributed by atoms with E-state index in [-0.39, 0.29) is 55.9 Å². The molecule has 13 N–H and O–H groups in total. The van der Waals surface area contributed by atoms with Crippen LogP contribution in [0.15, 0.2) is 0 Å². The summed E-state index contributed by atoms with van der Waals surface area (Å²) in [6.45, 7) is 0. The Morgan fingerprint density at radius 1 is 0.833 bits per heavy atom. The van der Waals surface area contributed by atoms with Gasteiger partial charge in [0.05, 0.1) is 6.26 Å². The minimum Gasteiger partial charge on any atom is -0.412 e. The van der Waals surface area contributed by atoms with Gasteiger partial charge in [0.1, 0.15) is 0 Å². The molecule has 12 heavy (non-hydrogen) atoms. The molecule has 9 nitrogen and oxygen atoms in total. The van der Waals surface area contributed by atoms with Crippen LogP contribution in [0.2, 0.25) is 0 Å². The van der Waals surface area contributed by atoms with Crippen LogP contribution < -0.4 is 0 Å². The van der Waals surface area contributed by atoms with Crippen molar-refractivity contribution in [1.82, 2.24) is 0 Å². The predicted molar refractivity (Wildman–Crippen MR) is 47.7 cm³/mol. The van der Waals surface area contributed by atoms with Crippen LogP contribution in [0.25, 0.3) is 0 Å². The Balaban J connectivity index is -0.00000000381. The van der Waals surface area contributed by atoms with Crippen molar-refractivity contribution in [2.45, 2.75) is 0 Å². The molecule has 0 aliphatic carbocycles. The molecule has 0 spiro atoms. The molecule has 0 aromatic carbocycles. The third-order valence-corrected chi connectivity index (χ3v) is 0. The second-order valence-electron chi connectivity index (χ2n) is 0.733. The molecule has 0 rings (SSSR count). The molecule has 0 bridgehead atoms. The number of rotatable bonds is 0. The first kappa shape index (κ1) is 82.6. The van der Waals surface area contributed by atoms with Crippen molar-refractivity contribution in [2.75, 3.05) is 6.26 Å². The normalized spacial score (nSPS) is 4.83. The lowest BCUT2D eigenvalue weighted by Crippen LogP contribution is -1.88. The molecule has 0 aliphatic rings. The molecule has 0 saturated heterocycles. The number of hydrogen-bond acceptors (Lipinski definition) is 2. The van der Waals surface area contributed by atoms with Gasteiger partial charge in [0.25, 0.3) is 10.1 Å². The van der Waals surface area contributed by atoms with Gasteiger partial charge in [0, 0.05) is 0 Å². The van der Waals surface area contributed by atoms with E-state index in [4.69, 9.17) is 4.55 Å². The van der Waals surface area contributed by atoms with Crippen LogP contribution in [0.3, 0.4) is 0 Å². The molecule has 11 heteroatoms. The largest absolute Gasteiger partial charge is 0.412 e. The minimum absolute atomic E-state index is 0. The minimum atomic E-state index is -3.67. The summed E-state index contributed by atoms with van der Waals surface area (Å²) in [5.74, 6) is 0. The predicted octanol–water partition coefficient (Wildman–Crippen LogP) is -6.36. The summed E-state index contributed by atoms with van der Waals surface area (Å²) >= 11 is 0. The first-order valence-electron chi connectivity index (χ1n) is 0.924. The van der Waals surface area contributed by atoms with Gasteiger partial charge in [-0.15, -0.1) is 0 Å². The van der Waals surface area contributed by atoms with Crippen LogP contribution in [-0.2, 0) is 10.1 Å². The van der Waals surface area contributed by atoms with Gasteiger partial charge in [-0.3, -0.25) is 4.55 Å². The van der Waals surface area contributed by atoms with Crippen molar-refractivity contribution in [3.8, 4) is 0 Å². The van der Waals surface area contributed by atoms with Crippen molar-refractivity contribution in [3.05, 3.63) is 0 Å². The third kappa shape index (κ3) is 4880. The van der Waals surface area contributed by atoms with Crippen molar-refractivity contribution < 1.29 is 45.8 Å². The Bertz CT molecular complexity index is 97.7. The summed E-state index contributed by atoms with van der Waals surface area (Å²) in [7, 11) is -3.67. The molecule has 84 valence electrons. The monoisotopic (exact) mass is 230 g/mol. The van der Waals surface area contributed by atoms with Gasteiger partial charge in [0.15, 0.2) is 0 Å². The quantitative estimate of drug-likeness (QED) is 0.315. The van der Waals surface area contributed by atoms with Crippen LogP contribution in [0.5, 0.6) is 0 Å². The lowest BCUT2D eigenvalue weighted by atomic mass is 12.0. The fourth-order valence-corrected chi connectivity index (χ4v) is 0. The van der Waals surface area contributed by atoms with Gasteiger partial charge in [-0.25, -0.2) is 0 Å². The summed E-state index contributed by atoms with van der Waals surface area (Å²) in [5.41, 5.74) is 0. The van der Waals surface area contributed by atoms with E-state index in [2.05, 4.69) is 0 Å². The lowest BCUT2D eigenvalue weighted by Gasteiger charge is -1.69. The lowest BCUT2D eigenvalue weighted by molar-refractivity contribution is 0.490. The van der Waals surface area contributed by atoms with Crippen molar-refractivity contribution >= 4 is 33.2 Å². The maximum absolute atomic E-state index is 9.19. The smallest absolute Gasteiger partial charge is 0.316 e. The fourth-order valence-electron chi connectivity index (χ4n) is 0. The van der Waals surface area contributed by atoms with E-state index in [9.17, 15) is 8.42 Å². The van der Waals surface area contributed by atoms with E-state index in [1.54, 1.807) is 0 Å². The molecular weight excluding hydrogens is 212 g/mol. The fraction of sp³-hybridized carbons (Fsp3) is 1.00. The van der Waals surface area contributed by atoms with Crippen LogP contribution in [0, 0.1) is 0 Å². The average molecular weight is 231 g/mol. The van der Waals surface area contributed by atoms with Gasteiger partial charge < -0.3 is 32.9 Å². The molecule has 0 unspecified atom stereocenters. The first-order valence-corrected chi connectivity index (χ1v) is 2.77. The molecular formula is CH18MgO9S. The topological polar surface area (TPSA) is 243 Å². The molecule has 0 atom stereocenters. The maximum atomic E-state index is 9.19. The summed E-state index contributed by atoms with van der Waals surface area (Å²) in [6.07, 6.45) is 0.715. The number of hydrogen-bond donors (Lipinski definition) is 1. The second-order valence-corrected chi connectivity index (χ2v) is 2.20. The van der Waals surface area contributed by atoms with Gasteiger partial charge in [-0.05, 0) is 0 Å². The standard InChI is InChI=1S/CH4O3S.Mg.6H2O.2H/c1-5(2,3)4;;;;;;;;;/h1H3,(H,2,3,4);;6*1H2;;. The van der Waals surface area contributed by atoms with E-state index in [0.29, 0.717) is 6.26 Å². The molecule has 0 aromatic heterocycles. The zero-order valence-electron chi connectivity index (χ0n) is 5.67. The highest BCUT2D eigenvalue weighted by Gasteiger charge is 1.81. The SMILES string of the molecule is CS(=O)(=O)O.O.O.O.O.O.O.[MgH2]. The molecule has 0 aromatic rings. The molecule has 0 amide bonds. The summed E-state index contributed by atoms with van der Waals surface area (Å²) < 4.78 is 25.9. The van der Waals surface area contributed by atoms with Crippen LogP contribution in [0.4, 0.5) is 0 Å². The molecule has 0 fully saturated rings. The van der Waals surface area contributed by atoms with Crippen molar-refractivity contribution in [3.63, 3.8) is 0 Å². The molecule has 0 aliphatic heterocycles. The van der Waals surface area contributed by atoms with E-state index in [0.717, 1.165) is 0 Å². The Kier molecular flexibility index (Phi) is 207. The molecule has 0 saturated carbocycles. The Hall–Kier alpha value is 0.436. The Morgan fingerprint density at radius 3 is 0.833 bits per heavy atom. The van der Waals surface area contributed by atoms with Crippen LogP contribution in [-0.4, -0.2) is 75.1 Å². The Morgan fingerprint density at radius 2 is 0.833 bits per heavy atom. The average Bonchev–Trinajstić information content (AvgIpc) is 0.722. The maximum Gasteiger partial charge on any atom is 0.316 e. The van der Waals surface area contributed by atoms with Gasteiger partial charge >= 0.3 is 23.1 Å². The highest BCUT2D eigenvalue weighted by Crippen LogP contribution is 1.60. The second kappa shape index (κ2) is 30.1. The zero-order valence-corrected chi connectivity index (χ0v) is 6.49. The van der Waals surface area contributed by atoms with Gasteiger partial charge in [-0.1, -0.05) is 0 Å².